The van der Waals surface area contributed by atoms with Gasteiger partial charge in [0.2, 0.25) is 0 Å². The van der Waals surface area contributed by atoms with Crippen molar-refractivity contribution < 1.29 is 18.1 Å². The first-order chi connectivity index (χ1) is 1.91. The van der Waals surface area contributed by atoms with E-state index >= 15 is 0 Å². The Labute approximate surface area is 46.5 Å². The SMILES string of the molecule is [Cl-].[NH3+]CC[Se]. The summed E-state index contributed by atoms with van der Waals surface area (Å²) < 4.78 is 0. The van der Waals surface area contributed by atoms with E-state index in [-0.39, 0.29) is 12.4 Å². The van der Waals surface area contributed by atoms with Crippen LogP contribution in [0.25, 0.3) is 0 Å². The van der Waals surface area contributed by atoms with Gasteiger partial charge in [-0.1, -0.05) is 0 Å². The van der Waals surface area contributed by atoms with Crippen LogP contribution in [0.5, 0.6) is 0 Å². The number of hydrogen-bond donors (Lipinski definition) is 1. The molecule has 0 amide bonds. The molecule has 0 rings (SSSR count). The Balaban J connectivity index is 0. The average molecular weight is 159 g/mol. The molecule has 0 saturated carbocycles. The maximum absolute atomic E-state index is 3.57. The van der Waals surface area contributed by atoms with Gasteiger partial charge >= 0.3 is 33.6 Å². The van der Waals surface area contributed by atoms with Crippen molar-refractivity contribution in [3.8, 4) is 0 Å². The Hall–Kier alpha value is 0.769. The van der Waals surface area contributed by atoms with Gasteiger partial charge in [0.1, 0.15) is 0 Å². The van der Waals surface area contributed by atoms with E-state index in [1.165, 1.54) is 0 Å². The van der Waals surface area contributed by atoms with Crippen LogP contribution < -0.4 is 18.1 Å². The van der Waals surface area contributed by atoms with Crippen LogP contribution in [0.1, 0.15) is 0 Å². The third-order valence-electron chi connectivity index (χ3n) is 0.144. The van der Waals surface area contributed by atoms with E-state index < -0.39 is 0 Å². The quantitative estimate of drug-likeness (QED) is 0.376. The van der Waals surface area contributed by atoms with Crippen molar-refractivity contribution in [1.82, 2.24) is 0 Å². The molecule has 0 aliphatic heterocycles. The fourth-order valence-corrected chi connectivity index (χ4v) is 0. The van der Waals surface area contributed by atoms with Gasteiger partial charge in [-0.3, -0.25) is 0 Å². The van der Waals surface area contributed by atoms with E-state index in [0.29, 0.717) is 0 Å². The summed E-state index contributed by atoms with van der Waals surface area (Å²) in [5.41, 5.74) is 3.57. The Morgan fingerprint density at radius 2 is 1.80 bits per heavy atom. The molecule has 0 aromatic carbocycles. The molecule has 0 bridgehead atoms. The fraction of sp³-hybridized carbons (Fsp3) is 1.00. The monoisotopic (exact) mass is 160 g/mol. The van der Waals surface area contributed by atoms with E-state index in [4.69, 9.17) is 0 Å². The van der Waals surface area contributed by atoms with Crippen molar-refractivity contribution in [2.45, 2.75) is 5.32 Å². The van der Waals surface area contributed by atoms with Crippen LogP contribution in [0.4, 0.5) is 0 Å². The van der Waals surface area contributed by atoms with Crippen LogP contribution in [0, 0.1) is 0 Å². The summed E-state index contributed by atoms with van der Waals surface area (Å²) in [5.74, 6) is 0. The van der Waals surface area contributed by atoms with Crippen molar-refractivity contribution in [3.05, 3.63) is 0 Å². The first kappa shape index (κ1) is 9.24. The fourth-order valence-electron chi connectivity index (χ4n) is 0. The predicted octanol–water partition coefficient (Wildman–Crippen LogP) is -4.18. The van der Waals surface area contributed by atoms with E-state index in [1.54, 1.807) is 0 Å². The third kappa shape index (κ3) is 11.7. The second kappa shape index (κ2) is 8.84. The van der Waals surface area contributed by atoms with Gasteiger partial charge in [0.15, 0.2) is 0 Å². The van der Waals surface area contributed by atoms with Gasteiger partial charge in [0.05, 0.1) is 0 Å². The molecular weight excluding hydrogens is 152 g/mol. The van der Waals surface area contributed by atoms with Crippen LogP contribution in [0.3, 0.4) is 0 Å². The molecule has 33 valence electrons. The predicted molar refractivity (Wildman–Crippen MR) is 18.3 cm³/mol. The van der Waals surface area contributed by atoms with Gasteiger partial charge in [0.25, 0.3) is 0 Å². The van der Waals surface area contributed by atoms with Crippen LogP contribution in [0.2, 0.25) is 5.32 Å². The minimum absolute atomic E-state index is 0. The van der Waals surface area contributed by atoms with Crippen molar-refractivity contribution in [2.75, 3.05) is 6.54 Å². The second-order valence-electron chi connectivity index (χ2n) is 0.558. The van der Waals surface area contributed by atoms with Crippen molar-refractivity contribution in [2.24, 2.45) is 0 Å². The Bertz CT molecular complexity index is 11.6. The first-order valence-corrected chi connectivity index (χ1v) is 2.50. The van der Waals surface area contributed by atoms with Crippen LogP contribution in [-0.2, 0) is 0 Å². The van der Waals surface area contributed by atoms with E-state index in [0.717, 1.165) is 11.9 Å². The van der Waals surface area contributed by atoms with Crippen LogP contribution in [-0.4, -0.2) is 22.6 Å². The summed E-state index contributed by atoms with van der Waals surface area (Å²) in [6.07, 6.45) is 0. The van der Waals surface area contributed by atoms with Gasteiger partial charge in [-0.2, -0.15) is 0 Å². The van der Waals surface area contributed by atoms with Gasteiger partial charge in [0, 0.05) is 0 Å². The Morgan fingerprint density at radius 1 is 1.60 bits per heavy atom. The first-order valence-electron chi connectivity index (χ1n) is 1.29. The molecule has 0 aliphatic rings. The summed E-state index contributed by atoms with van der Waals surface area (Å²) >= 11 is 2.83. The summed E-state index contributed by atoms with van der Waals surface area (Å²) in [4.78, 5) is 0. The Kier molecular flexibility index (Phi) is 16.3. The van der Waals surface area contributed by atoms with Gasteiger partial charge in [-0.05, 0) is 0 Å². The average Bonchev–Trinajstić information content (AvgIpc) is 1.37. The minimum atomic E-state index is 0. The van der Waals surface area contributed by atoms with E-state index in [2.05, 4.69) is 21.7 Å². The van der Waals surface area contributed by atoms with Crippen molar-refractivity contribution >= 4 is 16.0 Å². The maximum atomic E-state index is 3.57. The van der Waals surface area contributed by atoms with Crippen molar-refractivity contribution in [3.63, 3.8) is 0 Å². The van der Waals surface area contributed by atoms with Crippen molar-refractivity contribution in [1.29, 1.82) is 0 Å². The number of halogens is 1. The van der Waals surface area contributed by atoms with Gasteiger partial charge < -0.3 is 12.4 Å². The zero-order chi connectivity index (χ0) is 3.41. The summed E-state index contributed by atoms with van der Waals surface area (Å²) in [7, 11) is 0. The molecule has 1 nitrogen and oxygen atoms in total. The molecule has 0 aliphatic carbocycles. The number of quaternary nitrogens is 1. The second-order valence-corrected chi connectivity index (χ2v) is 1.41. The molecule has 0 atom stereocenters. The normalized spacial score (nSPS) is 6.00. The molecule has 1 radical (unpaired) electrons. The molecule has 0 unspecified atom stereocenters. The zero-order valence-electron chi connectivity index (χ0n) is 2.91. The standard InChI is InChI=1S/C2H6NSe.ClH/c3-1-2-4;/h1-3H2;1H. The van der Waals surface area contributed by atoms with Crippen LogP contribution in [0.15, 0.2) is 0 Å². The van der Waals surface area contributed by atoms with E-state index in [9.17, 15) is 0 Å². The molecule has 3 heteroatoms. The molecule has 0 heterocycles. The van der Waals surface area contributed by atoms with E-state index in [1.807, 2.05) is 0 Å². The molecule has 0 aromatic rings. The zero-order valence-corrected chi connectivity index (χ0v) is 5.38. The third-order valence-corrected chi connectivity index (χ3v) is 0.750. The molecule has 3 N–H and O–H groups in total. The summed E-state index contributed by atoms with van der Waals surface area (Å²) in [6.45, 7) is 1.01. The molecule has 0 fully saturated rings. The van der Waals surface area contributed by atoms with Gasteiger partial charge in [-0.15, -0.1) is 0 Å². The van der Waals surface area contributed by atoms with Gasteiger partial charge in [-0.25, -0.2) is 0 Å². The molecular formula is C2H7ClNSe. The molecule has 0 aromatic heterocycles. The number of rotatable bonds is 1. The van der Waals surface area contributed by atoms with Crippen LogP contribution >= 0.6 is 0 Å². The number of hydrogen-bond acceptors (Lipinski definition) is 0. The molecule has 5 heavy (non-hydrogen) atoms. The summed E-state index contributed by atoms with van der Waals surface area (Å²) in [6, 6.07) is 0. The topological polar surface area (TPSA) is 27.6 Å². The molecule has 0 saturated heterocycles. The summed E-state index contributed by atoms with van der Waals surface area (Å²) in [5, 5.41) is 1.08. The Morgan fingerprint density at radius 3 is 1.80 bits per heavy atom. The molecule has 0 spiro atoms.